The third-order valence-electron chi connectivity index (χ3n) is 3.55. The Hall–Kier alpha value is -3.09. The Morgan fingerprint density at radius 3 is 2.32 bits per heavy atom. The van der Waals surface area contributed by atoms with E-state index in [0.29, 0.717) is 16.9 Å². The van der Waals surface area contributed by atoms with Crippen molar-refractivity contribution in [1.29, 1.82) is 0 Å². The number of hydrogen-bond acceptors (Lipinski definition) is 4. The number of methoxy groups -OCH3 is 1. The molecule has 0 aliphatic heterocycles. The molecule has 0 radical (unpaired) electrons. The molecule has 0 aliphatic carbocycles. The van der Waals surface area contributed by atoms with Gasteiger partial charge in [-0.25, -0.2) is 0 Å². The second-order valence-corrected chi connectivity index (χ2v) is 6.14. The van der Waals surface area contributed by atoms with Gasteiger partial charge >= 0.3 is 6.36 Å². The molecule has 0 heterocycles. The van der Waals surface area contributed by atoms with Gasteiger partial charge in [-0.2, -0.15) is 0 Å². The predicted octanol–water partition coefficient (Wildman–Crippen LogP) is 5.81. The SMILES string of the molecule is COc1cc(C=Cc2cc(OCC=C(C)C)cc(OC(F)(F)F)c2)ccc1O. The Bertz CT molecular complexity index is 866. The molecule has 0 saturated carbocycles. The molecular weight excluding hydrogens is 373 g/mol. The first-order chi connectivity index (χ1) is 13.2. The van der Waals surface area contributed by atoms with Crippen molar-refractivity contribution in [2.75, 3.05) is 13.7 Å². The lowest BCUT2D eigenvalue weighted by atomic mass is 10.1. The smallest absolute Gasteiger partial charge is 0.504 e. The maximum atomic E-state index is 12.6. The summed E-state index contributed by atoms with van der Waals surface area (Å²) in [6.45, 7) is 4.02. The molecule has 2 aromatic carbocycles. The van der Waals surface area contributed by atoms with E-state index in [4.69, 9.17) is 9.47 Å². The lowest BCUT2D eigenvalue weighted by molar-refractivity contribution is -0.274. The minimum Gasteiger partial charge on any atom is -0.504 e. The van der Waals surface area contributed by atoms with Crippen LogP contribution in [0.5, 0.6) is 23.0 Å². The fourth-order valence-electron chi connectivity index (χ4n) is 2.26. The second-order valence-electron chi connectivity index (χ2n) is 6.14. The molecule has 0 bridgehead atoms. The maximum Gasteiger partial charge on any atom is 0.573 e. The van der Waals surface area contributed by atoms with E-state index in [0.717, 1.165) is 5.57 Å². The highest BCUT2D eigenvalue weighted by atomic mass is 19.4. The van der Waals surface area contributed by atoms with E-state index in [1.54, 1.807) is 30.4 Å². The number of aromatic hydroxyl groups is 1. The van der Waals surface area contributed by atoms with E-state index >= 15 is 0 Å². The van der Waals surface area contributed by atoms with Crippen LogP contribution in [0.4, 0.5) is 13.2 Å². The molecule has 0 aromatic heterocycles. The molecule has 4 nitrogen and oxygen atoms in total. The zero-order chi connectivity index (χ0) is 20.7. The van der Waals surface area contributed by atoms with Gasteiger partial charge in [0, 0.05) is 6.07 Å². The van der Waals surface area contributed by atoms with E-state index in [-0.39, 0.29) is 23.9 Å². The Labute approximate surface area is 161 Å². The largest absolute Gasteiger partial charge is 0.573 e. The molecule has 0 unspecified atom stereocenters. The first-order valence-electron chi connectivity index (χ1n) is 8.38. The van der Waals surface area contributed by atoms with Crippen LogP contribution < -0.4 is 14.2 Å². The Morgan fingerprint density at radius 1 is 1.00 bits per heavy atom. The van der Waals surface area contributed by atoms with Crippen molar-refractivity contribution in [2.45, 2.75) is 20.2 Å². The molecule has 2 rings (SSSR count). The standard InChI is InChI=1S/C21H21F3O4/c1-14(2)8-9-27-17-10-16(11-18(13-17)28-21(22,23)24)5-4-15-6-7-19(25)20(12-15)26-3/h4-8,10-13,25H,9H2,1-3H3. The van der Waals surface area contributed by atoms with Crippen molar-refractivity contribution < 1.29 is 32.5 Å². The van der Waals surface area contributed by atoms with E-state index in [9.17, 15) is 18.3 Å². The van der Waals surface area contributed by atoms with Crippen LogP contribution in [0.15, 0.2) is 48.0 Å². The van der Waals surface area contributed by atoms with Gasteiger partial charge in [0.1, 0.15) is 18.1 Å². The van der Waals surface area contributed by atoms with Gasteiger partial charge in [0.2, 0.25) is 0 Å². The van der Waals surface area contributed by atoms with Crippen molar-refractivity contribution in [3.63, 3.8) is 0 Å². The highest BCUT2D eigenvalue weighted by Gasteiger charge is 2.31. The quantitative estimate of drug-likeness (QED) is 0.475. The van der Waals surface area contributed by atoms with Crippen LogP contribution in [-0.4, -0.2) is 25.2 Å². The number of ether oxygens (including phenoxy) is 3. The number of hydrogen-bond donors (Lipinski definition) is 1. The molecule has 0 atom stereocenters. The zero-order valence-corrected chi connectivity index (χ0v) is 15.7. The summed E-state index contributed by atoms with van der Waals surface area (Å²) in [6, 6.07) is 8.78. The molecule has 28 heavy (non-hydrogen) atoms. The summed E-state index contributed by atoms with van der Waals surface area (Å²) in [5, 5.41) is 9.63. The fourth-order valence-corrected chi connectivity index (χ4v) is 2.26. The van der Waals surface area contributed by atoms with Gasteiger partial charge in [-0.05, 0) is 55.3 Å². The van der Waals surface area contributed by atoms with Gasteiger partial charge in [-0.15, -0.1) is 13.2 Å². The van der Waals surface area contributed by atoms with E-state index in [2.05, 4.69) is 4.74 Å². The Morgan fingerprint density at radius 2 is 1.68 bits per heavy atom. The monoisotopic (exact) mass is 394 g/mol. The second kappa shape index (κ2) is 9.21. The third-order valence-corrected chi connectivity index (χ3v) is 3.55. The molecule has 0 amide bonds. The average molecular weight is 394 g/mol. The summed E-state index contributed by atoms with van der Waals surface area (Å²) < 4.78 is 52.4. The fraction of sp³-hybridized carbons (Fsp3) is 0.238. The van der Waals surface area contributed by atoms with E-state index in [1.165, 1.54) is 25.3 Å². The third kappa shape index (κ3) is 6.90. The zero-order valence-electron chi connectivity index (χ0n) is 15.7. The molecule has 1 N–H and O–H groups in total. The number of rotatable bonds is 7. The Balaban J connectivity index is 2.30. The number of allylic oxidation sites excluding steroid dienone is 1. The molecular formula is C21H21F3O4. The summed E-state index contributed by atoms with van der Waals surface area (Å²) in [5.74, 6) is 0.171. The van der Waals surface area contributed by atoms with Crippen LogP contribution in [0.25, 0.3) is 12.2 Å². The normalized spacial score (nSPS) is 11.4. The van der Waals surface area contributed by atoms with E-state index < -0.39 is 6.36 Å². The van der Waals surface area contributed by atoms with E-state index in [1.807, 2.05) is 19.9 Å². The first kappa shape index (κ1) is 21.2. The summed E-state index contributed by atoms with van der Waals surface area (Å²) >= 11 is 0. The number of benzene rings is 2. The van der Waals surface area contributed by atoms with Crippen LogP contribution in [-0.2, 0) is 0 Å². The van der Waals surface area contributed by atoms with Crippen LogP contribution >= 0.6 is 0 Å². The summed E-state index contributed by atoms with van der Waals surface area (Å²) in [7, 11) is 1.43. The minimum atomic E-state index is -4.80. The van der Waals surface area contributed by atoms with Crippen LogP contribution in [0, 0.1) is 0 Å². The molecule has 7 heteroatoms. The summed E-state index contributed by atoms with van der Waals surface area (Å²) in [6.07, 6.45) is 0.302. The number of phenols is 1. The highest BCUT2D eigenvalue weighted by molar-refractivity contribution is 5.72. The van der Waals surface area contributed by atoms with Gasteiger partial charge in [-0.3, -0.25) is 0 Å². The topological polar surface area (TPSA) is 47.9 Å². The van der Waals surface area contributed by atoms with Crippen LogP contribution in [0.1, 0.15) is 25.0 Å². The minimum absolute atomic E-state index is 0.00446. The number of alkyl halides is 3. The highest BCUT2D eigenvalue weighted by Crippen LogP contribution is 2.30. The summed E-state index contributed by atoms with van der Waals surface area (Å²) in [5.41, 5.74) is 2.19. The molecule has 150 valence electrons. The molecule has 0 spiro atoms. The van der Waals surface area contributed by atoms with Gasteiger partial charge in [0.15, 0.2) is 11.5 Å². The van der Waals surface area contributed by atoms with Crippen LogP contribution in [0.2, 0.25) is 0 Å². The average Bonchev–Trinajstić information content (AvgIpc) is 2.59. The number of halogens is 3. The lowest BCUT2D eigenvalue weighted by Gasteiger charge is -2.12. The first-order valence-corrected chi connectivity index (χ1v) is 8.38. The van der Waals surface area contributed by atoms with Crippen molar-refractivity contribution in [2.24, 2.45) is 0 Å². The van der Waals surface area contributed by atoms with Crippen LogP contribution in [0.3, 0.4) is 0 Å². The predicted molar refractivity (Wildman–Crippen MR) is 102 cm³/mol. The van der Waals surface area contributed by atoms with Gasteiger partial charge < -0.3 is 19.3 Å². The van der Waals surface area contributed by atoms with Crippen molar-refractivity contribution in [3.05, 3.63) is 59.2 Å². The van der Waals surface area contributed by atoms with Gasteiger partial charge in [0.25, 0.3) is 0 Å². The number of phenolic OH excluding ortho intramolecular Hbond substituents is 1. The lowest BCUT2D eigenvalue weighted by Crippen LogP contribution is -2.17. The van der Waals surface area contributed by atoms with Gasteiger partial charge in [0.05, 0.1) is 7.11 Å². The van der Waals surface area contributed by atoms with Crippen molar-refractivity contribution in [3.8, 4) is 23.0 Å². The molecule has 0 fully saturated rings. The van der Waals surface area contributed by atoms with Crippen molar-refractivity contribution in [1.82, 2.24) is 0 Å². The van der Waals surface area contributed by atoms with Gasteiger partial charge in [-0.1, -0.05) is 23.8 Å². The maximum absolute atomic E-state index is 12.6. The molecule has 2 aromatic rings. The molecule has 0 saturated heterocycles. The van der Waals surface area contributed by atoms with Crippen molar-refractivity contribution >= 4 is 12.2 Å². The molecule has 0 aliphatic rings. The Kier molecular flexibility index (Phi) is 6.98. The summed E-state index contributed by atoms with van der Waals surface area (Å²) in [4.78, 5) is 0.